The third-order valence-electron chi connectivity index (χ3n) is 3.29. The predicted molar refractivity (Wildman–Crippen MR) is 89.2 cm³/mol. The molecule has 0 saturated carbocycles. The Labute approximate surface area is 138 Å². The molecular formula is C16H17N3O3S. The summed E-state index contributed by atoms with van der Waals surface area (Å²) in [5.74, 6) is -0.0855. The Morgan fingerprint density at radius 3 is 2.35 bits per heavy atom. The second-order valence-electron chi connectivity index (χ2n) is 5.02. The highest BCUT2D eigenvalue weighted by Crippen LogP contribution is 2.26. The molecule has 2 unspecified atom stereocenters. The number of benzene rings is 1. The minimum absolute atomic E-state index is 0.0396. The van der Waals surface area contributed by atoms with Gasteiger partial charge < -0.3 is 5.32 Å². The van der Waals surface area contributed by atoms with E-state index in [1.54, 1.807) is 31.5 Å². The largest absolute Gasteiger partial charge is 0.349 e. The minimum Gasteiger partial charge on any atom is -0.349 e. The Kier molecular flexibility index (Phi) is 5.70. The number of non-ortho nitro benzene ring substituents is 1. The van der Waals surface area contributed by atoms with Crippen LogP contribution in [0.5, 0.6) is 0 Å². The molecule has 1 heterocycles. The van der Waals surface area contributed by atoms with Crippen molar-refractivity contribution >= 4 is 23.4 Å². The van der Waals surface area contributed by atoms with Gasteiger partial charge in [-0.2, -0.15) is 0 Å². The van der Waals surface area contributed by atoms with Crippen LogP contribution in [0.2, 0.25) is 0 Å². The summed E-state index contributed by atoms with van der Waals surface area (Å²) < 4.78 is 0. The number of hydrogen-bond donors (Lipinski definition) is 1. The van der Waals surface area contributed by atoms with Gasteiger partial charge in [0.05, 0.1) is 16.2 Å². The minimum atomic E-state index is -0.443. The molecule has 0 saturated heterocycles. The van der Waals surface area contributed by atoms with Crippen molar-refractivity contribution in [3.63, 3.8) is 0 Å². The predicted octanol–water partition coefficient (Wildman–Crippen LogP) is 3.35. The molecule has 1 aromatic carbocycles. The maximum atomic E-state index is 12.3. The van der Waals surface area contributed by atoms with Crippen LogP contribution < -0.4 is 5.32 Å². The zero-order chi connectivity index (χ0) is 16.8. The van der Waals surface area contributed by atoms with E-state index < -0.39 is 4.92 Å². The van der Waals surface area contributed by atoms with E-state index >= 15 is 0 Å². The van der Waals surface area contributed by atoms with Crippen LogP contribution in [0, 0.1) is 10.1 Å². The monoisotopic (exact) mass is 331 g/mol. The van der Waals surface area contributed by atoms with E-state index in [4.69, 9.17) is 0 Å². The molecule has 0 radical (unpaired) electrons. The normalized spacial score (nSPS) is 13.1. The van der Waals surface area contributed by atoms with Crippen molar-refractivity contribution in [1.29, 1.82) is 0 Å². The zero-order valence-electron chi connectivity index (χ0n) is 12.8. The Morgan fingerprint density at radius 2 is 1.78 bits per heavy atom. The number of thioether (sulfide) groups is 1. The quantitative estimate of drug-likeness (QED) is 0.498. The molecule has 1 aromatic heterocycles. The van der Waals surface area contributed by atoms with Gasteiger partial charge in [-0.15, -0.1) is 11.8 Å². The van der Waals surface area contributed by atoms with Crippen LogP contribution in [0.3, 0.4) is 0 Å². The van der Waals surface area contributed by atoms with Gasteiger partial charge in [0.1, 0.15) is 0 Å². The molecule has 2 aromatic rings. The first kappa shape index (κ1) is 17.0. The molecule has 7 heteroatoms. The van der Waals surface area contributed by atoms with Crippen molar-refractivity contribution in [2.75, 3.05) is 0 Å². The fraction of sp³-hybridized carbons (Fsp3) is 0.250. The highest BCUT2D eigenvalue weighted by atomic mass is 32.2. The zero-order valence-corrected chi connectivity index (χ0v) is 13.6. The molecule has 120 valence electrons. The van der Waals surface area contributed by atoms with Gasteiger partial charge in [0, 0.05) is 29.4 Å². The highest BCUT2D eigenvalue weighted by Gasteiger charge is 2.17. The van der Waals surface area contributed by atoms with Crippen molar-refractivity contribution in [3.05, 3.63) is 64.5 Å². The average molecular weight is 331 g/mol. The number of nitrogens with zero attached hydrogens (tertiary/aromatic N) is 2. The Balaban J connectivity index is 1.93. The molecule has 2 rings (SSSR count). The van der Waals surface area contributed by atoms with E-state index in [1.807, 2.05) is 19.1 Å². The summed E-state index contributed by atoms with van der Waals surface area (Å²) in [5, 5.41) is 13.3. The summed E-state index contributed by atoms with van der Waals surface area (Å²) >= 11 is 1.36. The van der Waals surface area contributed by atoms with E-state index in [0.717, 1.165) is 10.5 Å². The number of carbonyl (C=O) groups excluding carboxylic acids is 1. The molecule has 0 spiro atoms. The number of nitro benzene ring substituents is 1. The van der Waals surface area contributed by atoms with Gasteiger partial charge in [-0.1, -0.05) is 0 Å². The first-order valence-electron chi connectivity index (χ1n) is 7.09. The second kappa shape index (κ2) is 7.73. The van der Waals surface area contributed by atoms with E-state index in [0.29, 0.717) is 0 Å². The van der Waals surface area contributed by atoms with Gasteiger partial charge in [0.25, 0.3) is 5.69 Å². The maximum Gasteiger partial charge on any atom is 0.269 e. The lowest BCUT2D eigenvalue weighted by atomic mass is 10.1. The molecule has 0 fully saturated rings. The summed E-state index contributed by atoms with van der Waals surface area (Å²) in [6.07, 6.45) is 3.38. The van der Waals surface area contributed by atoms with Gasteiger partial charge in [-0.25, -0.2) is 0 Å². The van der Waals surface area contributed by atoms with Crippen molar-refractivity contribution in [1.82, 2.24) is 10.3 Å². The van der Waals surface area contributed by atoms with E-state index in [1.165, 1.54) is 23.9 Å². The topological polar surface area (TPSA) is 85.1 Å². The Morgan fingerprint density at radius 1 is 1.17 bits per heavy atom. The Bertz CT molecular complexity index is 677. The second-order valence-corrected chi connectivity index (χ2v) is 6.44. The molecular weight excluding hydrogens is 314 g/mol. The third-order valence-corrected chi connectivity index (χ3v) is 4.41. The van der Waals surface area contributed by atoms with Crippen LogP contribution in [0.4, 0.5) is 5.69 Å². The lowest BCUT2D eigenvalue weighted by Gasteiger charge is -2.17. The molecule has 0 aliphatic heterocycles. The number of carbonyl (C=O) groups is 1. The first-order chi connectivity index (χ1) is 11.0. The lowest BCUT2D eigenvalue weighted by molar-refractivity contribution is -0.384. The fourth-order valence-corrected chi connectivity index (χ4v) is 2.85. The van der Waals surface area contributed by atoms with Crippen molar-refractivity contribution < 1.29 is 9.72 Å². The molecule has 23 heavy (non-hydrogen) atoms. The number of amides is 1. The van der Waals surface area contributed by atoms with Crippen molar-refractivity contribution in [2.24, 2.45) is 0 Å². The van der Waals surface area contributed by atoms with Gasteiger partial charge >= 0.3 is 0 Å². The van der Waals surface area contributed by atoms with Crippen LogP contribution in [-0.2, 0) is 4.79 Å². The van der Waals surface area contributed by atoms with Gasteiger partial charge in [0.15, 0.2) is 0 Å². The average Bonchev–Trinajstić information content (AvgIpc) is 2.56. The summed E-state index contributed by atoms with van der Waals surface area (Å²) in [6.45, 7) is 3.72. The molecule has 6 nitrogen and oxygen atoms in total. The third kappa shape index (κ3) is 4.79. The van der Waals surface area contributed by atoms with E-state index in [9.17, 15) is 14.9 Å². The Hall–Kier alpha value is -2.41. The number of pyridine rings is 1. The van der Waals surface area contributed by atoms with Crippen LogP contribution in [0.25, 0.3) is 0 Å². The smallest absolute Gasteiger partial charge is 0.269 e. The van der Waals surface area contributed by atoms with Crippen molar-refractivity contribution in [3.8, 4) is 0 Å². The van der Waals surface area contributed by atoms with Gasteiger partial charge in [-0.05, 0) is 43.7 Å². The highest BCUT2D eigenvalue weighted by molar-refractivity contribution is 8.00. The molecule has 0 aliphatic carbocycles. The van der Waals surface area contributed by atoms with E-state index in [2.05, 4.69) is 10.3 Å². The fourth-order valence-electron chi connectivity index (χ4n) is 1.97. The molecule has 0 bridgehead atoms. The number of aromatic nitrogens is 1. The standard InChI is InChI=1S/C16H17N3O3S/c1-11(13-7-9-17-10-8-13)18-16(20)12(2)23-15-5-3-14(4-6-15)19(21)22/h3-12H,1-2H3,(H,18,20). The molecule has 1 N–H and O–H groups in total. The molecule has 0 aliphatic rings. The molecule has 1 amide bonds. The van der Waals surface area contributed by atoms with Gasteiger partial charge in [-0.3, -0.25) is 19.9 Å². The van der Waals surface area contributed by atoms with Crippen LogP contribution in [0.1, 0.15) is 25.5 Å². The summed E-state index contributed by atoms with van der Waals surface area (Å²) in [5.41, 5.74) is 1.03. The summed E-state index contributed by atoms with van der Waals surface area (Å²) in [7, 11) is 0. The van der Waals surface area contributed by atoms with Crippen LogP contribution in [0.15, 0.2) is 53.7 Å². The van der Waals surface area contributed by atoms with Crippen molar-refractivity contribution in [2.45, 2.75) is 30.0 Å². The summed E-state index contributed by atoms with van der Waals surface area (Å²) in [4.78, 5) is 27.2. The van der Waals surface area contributed by atoms with Crippen LogP contribution >= 0.6 is 11.8 Å². The van der Waals surface area contributed by atoms with Gasteiger partial charge in [0.2, 0.25) is 5.91 Å². The number of nitro groups is 1. The number of hydrogen-bond acceptors (Lipinski definition) is 5. The lowest BCUT2D eigenvalue weighted by Crippen LogP contribution is -2.33. The summed E-state index contributed by atoms with van der Waals surface area (Å²) in [6, 6.07) is 9.79. The first-order valence-corrected chi connectivity index (χ1v) is 7.96. The number of nitrogens with one attached hydrogen (secondary N) is 1. The maximum absolute atomic E-state index is 12.3. The number of rotatable bonds is 6. The SMILES string of the molecule is CC(Sc1ccc([N+](=O)[O-])cc1)C(=O)NC(C)c1ccncc1. The molecule has 2 atom stereocenters. The van der Waals surface area contributed by atoms with E-state index in [-0.39, 0.29) is 22.9 Å². The van der Waals surface area contributed by atoms with Crippen LogP contribution in [-0.4, -0.2) is 21.1 Å².